The Hall–Kier alpha value is -1.62. The second-order valence-corrected chi connectivity index (χ2v) is 4.60. The number of hydrogen-bond donors (Lipinski definition) is 1. The van der Waals surface area contributed by atoms with Gasteiger partial charge in [-0.1, -0.05) is 18.3 Å². The molecule has 1 aromatic rings. The smallest absolute Gasteiger partial charge is 0.254 e. The maximum Gasteiger partial charge on any atom is 0.254 e. The van der Waals surface area contributed by atoms with Crippen molar-refractivity contribution in [3.05, 3.63) is 29.8 Å². The first-order valence-electron chi connectivity index (χ1n) is 5.23. The zero-order chi connectivity index (χ0) is 13.0. The van der Waals surface area contributed by atoms with Crippen LogP contribution < -0.4 is 10.6 Å². The number of thiocarbonyl (C=S) groups is 1. The summed E-state index contributed by atoms with van der Waals surface area (Å²) in [5.74, 6) is -0.0819. The molecule has 0 aromatic heterocycles. The number of anilines is 1. The summed E-state index contributed by atoms with van der Waals surface area (Å²) < 4.78 is 0. The Morgan fingerprint density at radius 3 is 2.53 bits per heavy atom. The molecule has 17 heavy (non-hydrogen) atoms. The Labute approximate surface area is 107 Å². The standard InChI is InChI=1S/C12H17N3OS/c1-14(2)10-6-4-5-9(7-10)12(16)15(3)8-11(13)17/h4-7H,8H2,1-3H3,(H2,13,17). The minimum absolute atomic E-state index is 0.0819. The third-order valence-corrected chi connectivity index (χ3v) is 2.48. The molecule has 0 atom stereocenters. The van der Waals surface area contributed by atoms with Crippen LogP contribution in [0.15, 0.2) is 24.3 Å². The molecule has 2 N–H and O–H groups in total. The van der Waals surface area contributed by atoms with E-state index in [2.05, 4.69) is 0 Å². The van der Waals surface area contributed by atoms with E-state index in [4.69, 9.17) is 18.0 Å². The molecule has 4 nitrogen and oxygen atoms in total. The largest absolute Gasteiger partial charge is 0.392 e. The second-order valence-electron chi connectivity index (χ2n) is 4.07. The molecule has 0 saturated carbocycles. The third-order valence-electron chi connectivity index (χ3n) is 2.35. The predicted octanol–water partition coefficient (Wildman–Crippen LogP) is 1.11. The maximum atomic E-state index is 12.0. The van der Waals surface area contributed by atoms with Crippen LogP contribution in [0, 0.1) is 0 Å². The average molecular weight is 251 g/mol. The van der Waals surface area contributed by atoms with Crippen LogP contribution in [0.5, 0.6) is 0 Å². The lowest BCUT2D eigenvalue weighted by atomic mass is 10.1. The highest BCUT2D eigenvalue weighted by Gasteiger charge is 2.12. The highest BCUT2D eigenvalue weighted by Crippen LogP contribution is 2.14. The zero-order valence-electron chi connectivity index (χ0n) is 10.3. The Bertz CT molecular complexity index is 432. The van der Waals surface area contributed by atoms with Crippen LogP contribution in [-0.4, -0.2) is 43.5 Å². The summed E-state index contributed by atoms with van der Waals surface area (Å²) in [6, 6.07) is 7.44. The van der Waals surface area contributed by atoms with Crippen LogP contribution in [0.1, 0.15) is 10.4 Å². The van der Waals surface area contributed by atoms with Crippen LogP contribution in [0.2, 0.25) is 0 Å². The van der Waals surface area contributed by atoms with E-state index < -0.39 is 0 Å². The van der Waals surface area contributed by atoms with Crippen molar-refractivity contribution in [2.24, 2.45) is 5.73 Å². The predicted molar refractivity (Wildman–Crippen MR) is 74.5 cm³/mol. The summed E-state index contributed by atoms with van der Waals surface area (Å²) in [4.78, 5) is 15.8. The third kappa shape index (κ3) is 3.71. The van der Waals surface area contributed by atoms with Gasteiger partial charge in [-0.2, -0.15) is 0 Å². The summed E-state index contributed by atoms with van der Waals surface area (Å²) in [7, 11) is 5.55. The van der Waals surface area contributed by atoms with Crippen molar-refractivity contribution in [1.29, 1.82) is 0 Å². The molecule has 1 amide bonds. The van der Waals surface area contributed by atoms with Crippen molar-refractivity contribution in [3.8, 4) is 0 Å². The number of carbonyl (C=O) groups excluding carboxylic acids is 1. The fourth-order valence-electron chi connectivity index (χ4n) is 1.44. The van der Waals surface area contributed by atoms with E-state index in [0.29, 0.717) is 17.1 Å². The van der Waals surface area contributed by atoms with Crippen molar-refractivity contribution in [3.63, 3.8) is 0 Å². The van der Waals surface area contributed by atoms with Gasteiger partial charge in [-0.3, -0.25) is 4.79 Å². The number of likely N-dealkylation sites (N-methyl/N-ethyl adjacent to an activating group) is 1. The molecule has 0 saturated heterocycles. The minimum Gasteiger partial charge on any atom is -0.392 e. The van der Waals surface area contributed by atoms with Gasteiger partial charge < -0.3 is 15.5 Å². The number of hydrogen-bond acceptors (Lipinski definition) is 3. The number of carbonyl (C=O) groups is 1. The molecule has 0 unspecified atom stereocenters. The molecule has 92 valence electrons. The van der Waals surface area contributed by atoms with E-state index in [1.54, 1.807) is 13.1 Å². The van der Waals surface area contributed by atoms with Gasteiger partial charge in [0.2, 0.25) is 0 Å². The van der Waals surface area contributed by atoms with Crippen LogP contribution >= 0.6 is 12.2 Å². The van der Waals surface area contributed by atoms with Gasteiger partial charge in [0.15, 0.2) is 0 Å². The number of amides is 1. The second kappa shape index (κ2) is 5.63. The molecule has 0 radical (unpaired) electrons. The lowest BCUT2D eigenvalue weighted by molar-refractivity contribution is 0.0815. The maximum absolute atomic E-state index is 12.0. The molecule has 5 heteroatoms. The molecule has 0 heterocycles. The highest BCUT2D eigenvalue weighted by atomic mass is 32.1. The van der Waals surface area contributed by atoms with Crippen LogP contribution in [0.3, 0.4) is 0 Å². The van der Waals surface area contributed by atoms with E-state index in [1.165, 1.54) is 4.90 Å². The molecular weight excluding hydrogens is 234 g/mol. The van der Waals surface area contributed by atoms with E-state index in [0.717, 1.165) is 5.69 Å². The number of nitrogens with two attached hydrogens (primary N) is 1. The molecule has 0 aliphatic heterocycles. The number of nitrogens with zero attached hydrogens (tertiary/aromatic N) is 2. The number of benzene rings is 1. The molecular formula is C12H17N3OS. The van der Waals surface area contributed by atoms with Gasteiger partial charge in [0.25, 0.3) is 5.91 Å². The Morgan fingerprint density at radius 2 is 2.00 bits per heavy atom. The SMILES string of the molecule is CN(CC(N)=S)C(=O)c1cccc(N(C)C)c1. The van der Waals surface area contributed by atoms with Crippen LogP contribution in [-0.2, 0) is 0 Å². The van der Waals surface area contributed by atoms with E-state index in [-0.39, 0.29) is 5.91 Å². The molecule has 0 aliphatic rings. The van der Waals surface area contributed by atoms with Gasteiger partial charge in [0, 0.05) is 32.4 Å². The lowest BCUT2D eigenvalue weighted by Crippen LogP contribution is -2.34. The van der Waals surface area contributed by atoms with Gasteiger partial charge >= 0.3 is 0 Å². The monoisotopic (exact) mass is 251 g/mol. The molecule has 1 aromatic carbocycles. The molecule has 0 spiro atoms. The normalized spacial score (nSPS) is 9.82. The van der Waals surface area contributed by atoms with E-state index in [1.807, 2.05) is 37.2 Å². The van der Waals surface area contributed by atoms with Crippen molar-refractivity contribution in [2.75, 3.05) is 32.6 Å². The number of rotatable bonds is 4. The molecule has 0 aliphatic carbocycles. The van der Waals surface area contributed by atoms with E-state index in [9.17, 15) is 4.79 Å². The Morgan fingerprint density at radius 1 is 1.35 bits per heavy atom. The summed E-state index contributed by atoms with van der Waals surface area (Å²) in [6.07, 6.45) is 0. The summed E-state index contributed by atoms with van der Waals surface area (Å²) in [6.45, 7) is 0.292. The van der Waals surface area contributed by atoms with Gasteiger partial charge in [-0.15, -0.1) is 0 Å². The summed E-state index contributed by atoms with van der Waals surface area (Å²) in [5, 5.41) is 0. The molecule has 0 bridgehead atoms. The van der Waals surface area contributed by atoms with Gasteiger partial charge in [-0.25, -0.2) is 0 Å². The first-order valence-corrected chi connectivity index (χ1v) is 5.64. The average Bonchev–Trinajstić information content (AvgIpc) is 2.27. The zero-order valence-corrected chi connectivity index (χ0v) is 11.1. The Kier molecular flexibility index (Phi) is 4.45. The van der Waals surface area contributed by atoms with Crippen molar-refractivity contribution < 1.29 is 4.79 Å². The minimum atomic E-state index is -0.0819. The first kappa shape index (κ1) is 13.4. The van der Waals surface area contributed by atoms with Crippen molar-refractivity contribution >= 4 is 28.8 Å². The molecule has 1 rings (SSSR count). The quantitative estimate of drug-likeness (QED) is 0.815. The van der Waals surface area contributed by atoms with Crippen molar-refractivity contribution in [1.82, 2.24) is 4.90 Å². The lowest BCUT2D eigenvalue weighted by Gasteiger charge is -2.18. The van der Waals surface area contributed by atoms with Crippen LogP contribution in [0.25, 0.3) is 0 Å². The first-order chi connectivity index (χ1) is 7.91. The van der Waals surface area contributed by atoms with Gasteiger partial charge in [0.05, 0.1) is 11.5 Å². The fourth-order valence-corrected chi connectivity index (χ4v) is 1.64. The van der Waals surface area contributed by atoms with Crippen molar-refractivity contribution in [2.45, 2.75) is 0 Å². The summed E-state index contributed by atoms with van der Waals surface area (Å²) in [5.41, 5.74) is 7.04. The topological polar surface area (TPSA) is 49.6 Å². The van der Waals surface area contributed by atoms with E-state index >= 15 is 0 Å². The van der Waals surface area contributed by atoms with Crippen LogP contribution in [0.4, 0.5) is 5.69 Å². The van der Waals surface area contributed by atoms with Gasteiger partial charge in [-0.05, 0) is 18.2 Å². The molecule has 0 fully saturated rings. The highest BCUT2D eigenvalue weighted by molar-refractivity contribution is 7.80. The van der Waals surface area contributed by atoms with Gasteiger partial charge in [0.1, 0.15) is 0 Å². The summed E-state index contributed by atoms with van der Waals surface area (Å²) >= 11 is 4.78. The fraction of sp³-hybridized carbons (Fsp3) is 0.333. The Balaban J connectivity index is 2.88.